The molecule has 1 aromatic carbocycles. The first-order chi connectivity index (χ1) is 6.89. The number of halogens is 1. The summed E-state index contributed by atoms with van der Waals surface area (Å²) in [5, 5.41) is 9.81. The average Bonchev–Trinajstić information content (AvgIpc) is 2.15. The van der Waals surface area contributed by atoms with E-state index in [1.54, 1.807) is 0 Å². The second-order valence-electron chi connectivity index (χ2n) is 4.72. The van der Waals surface area contributed by atoms with Gasteiger partial charge in [0.2, 0.25) is 0 Å². The first-order valence-electron chi connectivity index (χ1n) is 5.01. The van der Waals surface area contributed by atoms with E-state index < -0.39 is 6.10 Å². The van der Waals surface area contributed by atoms with Crippen molar-refractivity contribution in [3.05, 3.63) is 40.4 Å². The molecule has 0 spiro atoms. The van der Waals surface area contributed by atoms with E-state index in [2.05, 4.69) is 15.9 Å². The van der Waals surface area contributed by atoms with Crippen LogP contribution < -0.4 is 0 Å². The number of hydrogen-bond acceptors (Lipinski definition) is 1. The number of aliphatic hydroxyl groups is 1. The normalized spacial score (nSPS) is 14.5. The summed E-state index contributed by atoms with van der Waals surface area (Å²) in [7, 11) is 0. The molecule has 0 aliphatic heterocycles. The zero-order valence-corrected chi connectivity index (χ0v) is 11.0. The first-order valence-corrected chi connectivity index (χ1v) is 5.81. The summed E-state index contributed by atoms with van der Waals surface area (Å²) < 4.78 is 1.07. The van der Waals surface area contributed by atoms with Gasteiger partial charge in [-0.2, -0.15) is 0 Å². The van der Waals surface area contributed by atoms with Crippen molar-refractivity contribution in [3.63, 3.8) is 0 Å². The molecule has 0 bridgehead atoms. The summed E-state index contributed by atoms with van der Waals surface area (Å²) in [4.78, 5) is 0. The minimum atomic E-state index is -0.416. The zero-order chi connectivity index (χ0) is 11.5. The molecular weight excluding hydrogens is 252 g/mol. The molecule has 0 amide bonds. The van der Waals surface area contributed by atoms with Crippen LogP contribution in [0.4, 0.5) is 0 Å². The summed E-state index contributed by atoms with van der Waals surface area (Å²) in [5.41, 5.74) is 0.993. The zero-order valence-electron chi connectivity index (χ0n) is 9.37. The molecule has 1 nitrogen and oxygen atoms in total. The molecule has 0 aliphatic rings. The van der Waals surface area contributed by atoms with Gasteiger partial charge in [0, 0.05) is 4.47 Å². The summed E-state index contributed by atoms with van der Waals surface area (Å²) in [5.74, 6) is 0. The van der Waals surface area contributed by atoms with Gasteiger partial charge in [0.15, 0.2) is 0 Å². The van der Waals surface area contributed by atoms with Crippen LogP contribution in [0.2, 0.25) is 0 Å². The minimum Gasteiger partial charge on any atom is -0.388 e. The highest BCUT2D eigenvalue weighted by Crippen LogP contribution is 2.21. The first kappa shape index (κ1) is 12.5. The molecule has 0 aliphatic carbocycles. The second-order valence-corrected chi connectivity index (χ2v) is 5.64. The molecule has 1 atom stereocenters. The largest absolute Gasteiger partial charge is 0.388 e. The molecule has 2 heteroatoms. The predicted molar refractivity (Wildman–Crippen MR) is 68.6 cm³/mol. The molecule has 15 heavy (non-hydrogen) atoms. The fourth-order valence-electron chi connectivity index (χ4n) is 1.06. The number of rotatable bonds is 2. The van der Waals surface area contributed by atoms with E-state index in [1.165, 1.54) is 0 Å². The third-order valence-corrected chi connectivity index (χ3v) is 2.76. The van der Waals surface area contributed by atoms with Gasteiger partial charge in [-0.3, -0.25) is 0 Å². The van der Waals surface area contributed by atoms with Crippen molar-refractivity contribution >= 4 is 22.0 Å². The van der Waals surface area contributed by atoms with Gasteiger partial charge in [0.05, 0.1) is 6.10 Å². The molecule has 1 unspecified atom stereocenters. The summed E-state index contributed by atoms with van der Waals surface area (Å²) in [6.07, 6.45) is 3.37. The van der Waals surface area contributed by atoms with Gasteiger partial charge in [0.1, 0.15) is 0 Å². The highest BCUT2D eigenvalue weighted by Gasteiger charge is 2.18. The lowest BCUT2D eigenvalue weighted by molar-refractivity contribution is 0.106. The lowest BCUT2D eigenvalue weighted by Gasteiger charge is -2.22. The fraction of sp³-hybridized carbons (Fsp3) is 0.385. The standard InChI is InChI=1S/C13H17BrO/c1-13(2,3)12(15)9-6-10-4-7-11(14)8-5-10/h4-9,12,15H,1-3H3/b9-6+. The molecule has 1 rings (SSSR count). The van der Waals surface area contributed by atoms with Crippen molar-refractivity contribution in [2.45, 2.75) is 26.9 Å². The maximum atomic E-state index is 9.81. The highest BCUT2D eigenvalue weighted by molar-refractivity contribution is 9.10. The van der Waals surface area contributed by atoms with Crippen LogP contribution in [-0.4, -0.2) is 11.2 Å². The van der Waals surface area contributed by atoms with Crippen LogP contribution in [-0.2, 0) is 0 Å². The number of benzene rings is 1. The second kappa shape index (κ2) is 4.95. The Hall–Kier alpha value is -0.600. The molecule has 0 radical (unpaired) electrons. The molecular formula is C13H17BrO. The molecule has 0 aromatic heterocycles. The highest BCUT2D eigenvalue weighted by atomic mass is 79.9. The minimum absolute atomic E-state index is 0.105. The van der Waals surface area contributed by atoms with E-state index >= 15 is 0 Å². The van der Waals surface area contributed by atoms with Crippen LogP contribution in [0.3, 0.4) is 0 Å². The molecule has 82 valence electrons. The SMILES string of the molecule is CC(C)(C)C(O)/C=C/c1ccc(Br)cc1. The molecule has 0 heterocycles. The third-order valence-electron chi connectivity index (χ3n) is 2.23. The smallest absolute Gasteiger partial charge is 0.0772 e. The van der Waals surface area contributed by atoms with E-state index in [-0.39, 0.29) is 5.41 Å². The Morgan fingerprint density at radius 1 is 1.20 bits per heavy atom. The van der Waals surface area contributed by atoms with Crippen LogP contribution in [0.15, 0.2) is 34.8 Å². The average molecular weight is 269 g/mol. The number of hydrogen-bond donors (Lipinski definition) is 1. The topological polar surface area (TPSA) is 20.2 Å². The van der Waals surface area contributed by atoms with E-state index in [0.29, 0.717) is 0 Å². The van der Waals surface area contributed by atoms with Crippen LogP contribution >= 0.6 is 15.9 Å². The van der Waals surface area contributed by atoms with Crippen molar-refractivity contribution in [3.8, 4) is 0 Å². The molecule has 0 saturated carbocycles. The van der Waals surface area contributed by atoms with Crippen LogP contribution in [0.5, 0.6) is 0 Å². The molecule has 1 N–H and O–H groups in total. The van der Waals surface area contributed by atoms with Gasteiger partial charge in [-0.25, -0.2) is 0 Å². The maximum absolute atomic E-state index is 9.81. The Labute approximate surface area is 100.0 Å². The van der Waals surface area contributed by atoms with Crippen molar-refractivity contribution < 1.29 is 5.11 Å². The van der Waals surface area contributed by atoms with Gasteiger partial charge in [-0.15, -0.1) is 0 Å². The predicted octanol–water partition coefficient (Wildman–Crippen LogP) is 3.87. The number of aliphatic hydroxyl groups excluding tert-OH is 1. The van der Waals surface area contributed by atoms with Crippen molar-refractivity contribution in [1.82, 2.24) is 0 Å². The van der Waals surface area contributed by atoms with Crippen molar-refractivity contribution in [2.75, 3.05) is 0 Å². The van der Waals surface area contributed by atoms with Gasteiger partial charge in [-0.05, 0) is 23.1 Å². The van der Waals surface area contributed by atoms with Crippen LogP contribution in [0, 0.1) is 5.41 Å². The van der Waals surface area contributed by atoms with Gasteiger partial charge in [0.25, 0.3) is 0 Å². The summed E-state index contributed by atoms with van der Waals surface area (Å²) in [6.45, 7) is 6.05. The van der Waals surface area contributed by atoms with E-state index in [0.717, 1.165) is 10.0 Å². The Bertz CT molecular complexity index is 333. The Morgan fingerprint density at radius 2 is 1.73 bits per heavy atom. The van der Waals surface area contributed by atoms with Gasteiger partial charge >= 0.3 is 0 Å². The van der Waals surface area contributed by atoms with Crippen LogP contribution in [0.25, 0.3) is 6.08 Å². The third kappa shape index (κ3) is 4.18. The monoisotopic (exact) mass is 268 g/mol. The lowest BCUT2D eigenvalue weighted by atomic mass is 9.89. The Balaban J connectivity index is 2.70. The molecule has 1 aromatic rings. The quantitative estimate of drug-likeness (QED) is 0.864. The summed E-state index contributed by atoms with van der Waals surface area (Å²) in [6, 6.07) is 8.00. The van der Waals surface area contributed by atoms with E-state index in [1.807, 2.05) is 57.2 Å². The Morgan fingerprint density at radius 3 is 2.20 bits per heavy atom. The van der Waals surface area contributed by atoms with Crippen molar-refractivity contribution in [1.29, 1.82) is 0 Å². The lowest BCUT2D eigenvalue weighted by Crippen LogP contribution is -2.23. The van der Waals surface area contributed by atoms with Gasteiger partial charge in [-0.1, -0.05) is 61.0 Å². The van der Waals surface area contributed by atoms with E-state index in [4.69, 9.17) is 0 Å². The van der Waals surface area contributed by atoms with Crippen molar-refractivity contribution in [2.24, 2.45) is 5.41 Å². The Kier molecular flexibility index (Phi) is 4.12. The molecule has 0 fully saturated rings. The van der Waals surface area contributed by atoms with Crippen LogP contribution in [0.1, 0.15) is 26.3 Å². The molecule has 0 saturated heterocycles. The van der Waals surface area contributed by atoms with E-state index in [9.17, 15) is 5.11 Å². The summed E-state index contributed by atoms with van der Waals surface area (Å²) >= 11 is 3.38. The van der Waals surface area contributed by atoms with Gasteiger partial charge < -0.3 is 5.11 Å². The maximum Gasteiger partial charge on any atom is 0.0772 e. The fourth-order valence-corrected chi connectivity index (χ4v) is 1.33.